The SMILES string of the molecule is c1cc2cn[nH]c2cc1C1CCCCCN1. The van der Waals surface area contributed by atoms with Crippen molar-refractivity contribution in [3.63, 3.8) is 0 Å². The van der Waals surface area contributed by atoms with Crippen molar-refractivity contribution in [3.05, 3.63) is 30.0 Å². The molecule has 1 saturated heterocycles. The van der Waals surface area contributed by atoms with Crippen molar-refractivity contribution in [2.24, 2.45) is 0 Å². The van der Waals surface area contributed by atoms with E-state index in [0.717, 1.165) is 12.1 Å². The van der Waals surface area contributed by atoms with Gasteiger partial charge in [0, 0.05) is 11.4 Å². The number of fused-ring (bicyclic) bond motifs is 1. The summed E-state index contributed by atoms with van der Waals surface area (Å²) in [5.41, 5.74) is 2.53. The zero-order valence-corrected chi connectivity index (χ0v) is 9.37. The molecule has 1 aliphatic rings. The molecule has 1 aliphatic heterocycles. The summed E-state index contributed by atoms with van der Waals surface area (Å²) in [7, 11) is 0. The number of hydrogen-bond donors (Lipinski definition) is 2. The molecule has 0 spiro atoms. The molecule has 2 N–H and O–H groups in total. The maximum absolute atomic E-state index is 4.06. The third-order valence-corrected chi connectivity index (χ3v) is 3.43. The van der Waals surface area contributed by atoms with E-state index < -0.39 is 0 Å². The first kappa shape index (κ1) is 9.85. The second kappa shape index (κ2) is 4.26. The van der Waals surface area contributed by atoms with E-state index in [1.807, 2.05) is 6.20 Å². The molecular weight excluding hydrogens is 198 g/mol. The molecule has 1 fully saturated rings. The van der Waals surface area contributed by atoms with E-state index in [-0.39, 0.29) is 0 Å². The lowest BCUT2D eigenvalue weighted by atomic mass is 10.0. The summed E-state index contributed by atoms with van der Waals surface area (Å²) in [4.78, 5) is 0. The van der Waals surface area contributed by atoms with Gasteiger partial charge in [-0.25, -0.2) is 0 Å². The number of hydrogen-bond acceptors (Lipinski definition) is 2. The van der Waals surface area contributed by atoms with Crippen molar-refractivity contribution in [1.82, 2.24) is 15.5 Å². The molecule has 1 aromatic carbocycles. The van der Waals surface area contributed by atoms with E-state index in [9.17, 15) is 0 Å². The third kappa shape index (κ3) is 1.83. The molecule has 1 atom stereocenters. The van der Waals surface area contributed by atoms with Crippen LogP contribution in [0.25, 0.3) is 10.9 Å². The number of benzene rings is 1. The Hall–Kier alpha value is -1.35. The number of aromatic nitrogens is 2. The lowest BCUT2D eigenvalue weighted by Crippen LogP contribution is -2.20. The highest BCUT2D eigenvalue weighted by Crippen LogP contribution is 2.24. The Bertz CT molecular complexity index is 467. The first-order valence-electron chi connectivity index (χ1n) is 6.10. The molecular formula is C13H17N3. The summed E-state index contributed by atoms with van der Waals surface area (Å²) in [5.74, 6) is 0. The Labute approximate surface area is 95.2 Å². The smallest absolute Gasteiger partial charge is 0.0653 e. The summed E-state index contributed by atoms with van der Waals surface area (Å²) in [5, 5.41) is 11.9. The van der Waals surface area contributed by atoms with Crippen LogP contribution < -0.4 is 5.32 Å². The monoisotopic (exact) mass is 215 g/mol. The molecule has 0 saturated carbocycles. The van der Waals surface area contributed by atoms with Crippen LogP contribution in [0.2, 0.25) is 0 Å². The van der Waals surface area contributed by atoms with Crippen molar-refractivity contribution in [2.75, 3.05) is 6.54 Å². The fourth-order valence-corrected chi connectivity index (χ4v) is 2.48. The molecule has 3 rings (SSSR count). The van der Waals surface area contributed by atoms with E-state index in [4.69, 9.17) is 0 Å². The van der Waals surface area contributed by atoms with Crippen LogP contribution in [0.5, 0.6) is 0 Å². The Morgan fingerprint density at radius 1 is 1.19 bits per heavy atom. The number of nitrogens with zero attached hydrogens (tertiary/aromatic N) is 1. The van der Waals surface area contributed by atoms with Crippen LogP contribution in [0.1, 0.15) is 37.3 Å². The van der Waals surface area contributed by atoms with Crippen molar-refractivity contribution in [1.29, 1.82) is 0 Å². The van der Waals surface area contributed by atoms with Gasteiger partial charge in [-0.15, -0.1) is 0 Å². The lowest BCUT2D eigenvalue weighted by molar-refractivity contribution is 0.535. The van der Waals surface area contributed by atoms with Crippen LogP contribution in [0, 0.1) is 0 Å². The fourth-order valence-electron chi connectivity index (χ4n) is 2.48. The minimum atomic E-state index is 0.523. The second-order valence-electron chi connectivity index (χ2n) is 4.57. The molecule has 0 bridgehead atoms. The molecule has 3 nitrogen and oxygen atoms in total. The minimum absolute atomic E-state index is 0.523. The Balaban J connectivity index is 1.91. The maximum atomic E-state index is 4.06. The second-order valence-corrected chi connectivity index (χ2v) is 4.57. The summed E-state index contributed by atoms with van der Waals surface area (Å²) in [6.07, 6.45) is 7.12. The van der Waals surface area contributed by atoms with Crippen LogP contribution in [0.15, 0.2) is 24.4 Å². The van der Waals surface area contributed by atoms with E-state index in [0.29, 0.717) is 6.04 Å². The molecule has 0 radical (unpaired) electrons. The van der Waals surface area contributed by atoms with Gasteiger partial charge < -0.3 is 5.32 Å². The number of aromatic amines is 1. The van der Waals surface area contributed by atoms with Gasteiger partial charge in [-0.3, -0.25) is 5.10 Å². The fraction of sp³-hybridized carbons (Fsp3) is 0.462. The zero-order valence-electron chi connectivity index (χ0n) is 9.37. The molecule has 2 aromatic rings. The molecule has 0 amide bonds. The molecule has 16 heavy (non-hydrogen) atoms. The van der Waals surface area contributed by atoms with Gasteiger partial charge in [-0.2, -0.15) is 5.10 Å². The Morgan fingerprint density at radius 3 is 3.19 bits per heavy atom. The molecule has 0 aliphatic carbocycles. The van der Waals surface area contributed by atoms with Gasteiger partial charge in [0.25, 0.3) is 0 Å². The topological polar surface area (TPSA) is 40.7 Å². The van der Waals surface area contributed by atoms with Gasteiger partial charge in [0.2, 0.25) is 0 Å². The van der Waals surface area contributed by atoms with Crippen LogP contribution >= 0.6 is 0 Å². The van der Waals surface area contributed by atoms with Gasteiger partial charge >= 0.3 is 0 Å². The van der Waals surface area contributed by atoms with Crippen molar-refractivity contribution < 1.29 is 0 Å². The average molecular weight is 215 g/mol. The third-order valence-electron chi connectivity index (χ3n) is 3.43. The highest BCUT2D eigenvalue weighted by molar-refractivity contribution is 5.78. The van der Waals surface area contributed by atoms with E-state index in [1.54, 1.807) is 0 Å². The standard InChI is InChI=1S/C13H17N3/c1-2-4-12(14-7-3-1)10-5-6-11-9-15-16-13(11)8-10/h5-6,8-9,12,14H,1-4,7H2,(H,15,16). The van der Waals surface area contributed by atoms with E-state index in [1.165, 1.54) is 36.6 Å². The first-order valence-corrected chi connectivity index (χ1v) is 6.10. The van der Waals surface area contributed by atoms with Gasteiger partial charge in [0.15, 0.2) is 0 Å². The van der Waals surface area contributed by atoms with Crippen molar-refractivity contribution in [3.8, 4) is 0 Å². The van der Waals surface area contributed by atoms with Crippen molar-refractivity contribution >= 4 is 10.9 Å². The number of rotatable bonds is 1. The maximum Gasteiger partial charge on any atom is 0.0653 e. The predicted octanol–water partition coefficient (Wildman–Crippen LogP) is 2.77. The molecule has 3 heteroatoms. The highest BCUT2D eigenvalue weighted by atomic mass is 15.1. The number of H-pyrrole nitrogens is 1. The summed E-state index contributed by atoms with van der Waals surface area (Å²) in [6, 6.07) is 7.13. The molecule has 1 unspecified atom stereocenters. The largest absolute Gasteiger partial charge is 0.310 e. The summed E-state index contributed by atoms with van der Waals surface area (Å²) in [6.45, 7) is 1.14. The van der Waals surface area contributed by atoms with Crippen LogP contribution in [0.3, 0.4) is 0 Å². The summed E-state index contributed by atoms with van der Waals surface area (Å²) < 4.78 is 0. The Morgan fingerprint density at radius 2 is 2.19 bits per heavy atom. The van der Waals surface area contributed by atoms with Crippen LogP contribution in [-0.4, -0.2) is 16.7 Å². The van der Waals surface area contributed by atoms with Crippen molar-refractivity contribution in [2.45, 2.75) is 31.7 Å². The quantitative estimate of drug-likeness (QED) is 0.768. The Kier molecular flexibility index (Phi) is 2.62. The average Bonchev–Trinajstić information content (AvgIpc) is 2.61. The van der Waals surface area contributed by atoms with Crippen LogP contribution in [0.4, 0.5) is 0 Å². The molecule has 1 aromatic heterocycles. The van der Waals surface area contributed by atoms with Gasteiger partial charge in [0.05, 0.1) is 11.7 Å². The normalized spacial score (nSPS) is 22.1. The predicted molar refractivity (Wildman–Crippen MR) is 65.3 cm³/mol. The van der Waals surface area contributed by atoms with Gasteiger partial charge in [0.1, 0.15) is 0 Å². The molecule has 2 heterocycles. The lowest BCUT2D eigenvalue weighted by Gasteiger charge is -2.16. The zero-order chi connectivity index (χ0) is 10.8. The minimum Gasteiger partial charge on any atom is -0.310 e. The van der Waals surface area contributed by atoms with Gasteiger partial charge in [-0.1, -0.05) is 25.0 Å². The summed E-state index contributed by atoms with van der Waals surface area (Å²) >= 11 is 0. The molecule has 84 valence electrons. The first-order chi connectivity index (χ1) is 7.93. The highest BCUT2D eigenvalue weighted by Gasteiger charge is 2.13. The van der Waals surface area contributed by atoms with E-state index in [2.05, 4.69) is 33.7 Å². The van der Waals surface area contributed by atoms with E-state index >= 15 is 0 Å². The van der Waals surface area contributed by atoms with Gasteiger partial charge in [-0.05, 0) is 31.0 Å². The number of nitrogens with one attached hydrogen (secondary N) is 2. The van der Waals surface area contributed by atoms with Crippen LogP contribution in [-0.2, 0) is 0 Å².